The highest BCUT2D eigenvalue weighted by molar-refractivity contribution is 7.98. The molecule has 2 nitrogen and oxygen atoms in total. The summed E-state index contributed by atoms with van der Waals surface area (Å²) in [5.41, 5.74) is 2.24. The lowest BCUT2D eigenvalue weighted by atomic mass is 9.93. The van der Waals surface area contributed by atoms with Gasteiger partial charge in [-0.05, 0) is 17.7 Å². The first kappa shape index (κ1) is 14.6. The Balaban J connectivity index is 2.00. The highest BCUT2D eigenvalue weighted by Crippen LogP contribution is 2.28. The van der Waals surface area contributed by atoms with Crippen LogP contribution < -0.4 is 0 Å². The summed E-state index contributed by atoms with van der Waals surface area (Å²) in [6.07, 6.45) is 0. The lowest BCUT2D eigenvalue weighted by molar-refractivity contribution is 0.281. The lowest BCUT2D eigenvalue weighted by Crippen LogP contribution is -2.11. The Morgan fingerprint density at radius 3 is 2.74 bits per heavy atom. The van der Waals surface area contributed by atoms with E-state index in [1.807, 2.05) is 18.2 Å². The fourth-order valence-corrected chi connectivity index (χ4v) is 3.62. The van der Waals surface area contributed by atoms with Gasteiger partial charge >= 0.3 is 0 Å². The molecule has 1 aromatic heterocycles. The number of hydrogen-bond acceptors (Lipinski definition) is 4. The number of aliphatic hydroxyl groups is 1. The maximum atomic E-state index is 9.12. The minimum atomic E-state index is 0.0970. The van der Waals surface area contributed by atoms with Crippen molar-refractivity contribution in [3.8, 4) is 0 Å². The van der Waals surface area contributed by atoms with Gasteiger partial charge in [-0.2, -0.15) is 0 Å². The Labute approximate surface area is 122 Å². The molecule has 0 bridgehead atoms. The molecular formula is C15H19NOS2. The molecule has 0 saturated heterocycles. The van der Waals surface area contributed by atoms with Gasteiger partial charge in [-0.25, -0.2) is 4.98 Å². The Bertz CT molecular complexity index is 543. The molecule has 0 aliphatic rings. The van der Waals surface area contributed by atoms with E-state index in [1.54, 1.807) is 23.1 Å². The van der Waals surface area contributed by atoms with Crippen LogP contribution in [0.1, 0.15) is 37.0 Å². The van der Waals surface area contributed by atoms with Gasteiger partial charge in [-0.1, -0.05) is 32.9 Å². The van der Waals surface area contributed by atoms with Gasteiger partial charge in [0, 0.05) is 15.7 Å². The quantitative estimate of drug-likeness (QED) is 0.857. The largest absolute Gasteiger partial charge is 0.392 e. The normalized spacial score (nSPS) is 11.8. The van der Waals surface area contributed by atoms with E-state index < -0.39 is 0 Å². The first-order valence-electron chi connectivity index (χ1n) is 6.26. The van der Waals surface area contributed by atoms with E-state index in [1.165, 1.54) is 4.90 Å². The van der Waals surface area contributed by atoms with Crippen LogP contribution in [0.25, 0.3) is 0 Å². The number of hydrogen-bond donors (Lipinski definition) is 1. The van der Waals surface area contributed by atoms with Crippen LogP contribution in [0, 0.1) is 0 Å². The van der Waals surface area contributed by atoms with Crippen molar-refractivity contribution in [3.05, 3.63) is 45.9 Å². The molecule has 1 N–H and O–H groups in total. The van der Waals surface area contributed by atoms with E-state index in [4.69, 9.17) is 5.11 Å². The third kappa shape index (κ3) is 4.06. The van der Waals surface area contributed by atoms with Gasteiger partial charge in [0.1, 0.15) is 5.01 Å². The van der Waals surface area contributed by atoms with Crippen LogP contribution in [0.2, 0.25) is 0 Å². The van der Waals surface area contributed by atoms with Gasteiger partial charge in [-0.3, -0.25) is 0 Å². The standard InChI is InChI=1S/C15H19NOS2/c1-15(2,3)13-9-19-14(16-13)10-18-12-6-4-5-11(7-12)8-17/h4-7,9,17H,8,10H2,1-3H3. The molecular weight excluding hydrogens is 274 g/mol. The zero-order valence-corrected chi connectivity index (χ0v) is 13.1. The van der Waals surface area contributed by atoms with Crippen LogP contribution >= 0.6 is 23.1 Å². The van der Waals surface area contributed by atoms with Crippen molar-refractivity contribution < 1.29 is 5.11 Å². The van der Waals surface area contributed by atoms with Crippen molar-refractivity contribution in [3.63, 3.8) is 0 Å². The summed E-state index contributed by atoms with van der Waals surface area (Å²) in [7, 11) is 0. The molecule has 2 rings (SSSR count). The summed E-state index contributed by atoms with van der Waals surface area (Å²) in [6, 6.07) is 8.02. The number of rotatable bonds is 4. The SMILES string of the molecule is CC(C)(C)c1csc(CSc2cccc(CO)c2)n1. The first-order chi connectivity index (χ1) is 8.99. The molecule has 0 radical (unpaired) electrons. The van der Waals surface area contributed by atoms with Gasteiger partial charge in [0.15, 0.2) is 0 Å². The smallest absolute Gasteiger partial charge is 0.103 e. The molecule has 0 amide bonds. The van der Waals surface area contributed by atoms with Crippen LogP contribution in [0.3, 0.4) is 0 Å². The monoisotopic (exact) mass is 293 g/mol. The molecule has 4 heteroatoms. The molecule has 0 saturated carbocycles. The van der Waals surface area contributed by atoms with Gasteiger partial charge in [-0.15, -0.1) is 23.1 Å². The van der Waals surface area contributed by atoms with E-state index in [0.717, 1.165) is 22.0 Å². The molecule has 19 heavy (non-hydrogen) atoms. The van der Waals surface area contributed by atoms with E-state index in [9.17, 15) is 0 Å². The third-order valence-electron chi connectivity index (χ3n) is 2.76. The predicted molar refractivity (Wildman–Crippen MR) is 82.7 cm³/mol. The van der Waals surface area contributed by atoms with Crippen molar-refractivity contribution in [1.82, 2.24) is 4.98 Å². The molecule has 1 heterocycles. The van der Waals surface area contributed by atoms with Gasteiger partial charge in [0.2, 0.25) is 0 Å². The van der Waals surface area contributed by atoms with E-state index in [-0.39, 0.29) is 12.0 Å². The summed E-state index contributed by atoms with van der Waals surface area (Å²) < 4.78 is 0. The van der Waals surface area contributed by atoms with E-state index >= 15 is 0 Å². The second-order valence-corrected chi connectivity index (χ2v) is 7.46. The zero-order valence-electron chi connectivity index (χ0n) is 11.5. The molecule has 2 aromatic rings. The number of aliphatic hydroxyl groups excluding tert-OH is 1. The van der Waals surface area contributed by atoms with Crippen LogP contribution in [0.15, 0.2) is 34.5 Å². The molecule has 102 valence electrons. The maximum absolute atomic E-state index is 9.12. The van der Waals surface area contributed by atoms with E-state index in [2.05, 4.69) is 37.2 Å². The highest BCUT2D eigenvalue weighted by Gasteiger charge is 2.17. The number of benzene rings is 1. The molecule has 1 aromatic carbocycles. The highest BCUT2D eigenvalue weighted by atomic mass is 32.2. The molecule has 0 aliphatic carbocycles. The zero-order chi connectivity index (χ0) is 13.9. The van der Waals surface area contributed by atoms with Crippen LogP contribution in [-0.2, 0) is 17.8 Å². The number of aromatic nitrogens is 1. The summed E-state index contributed by atoms with van der Waals surface area (Å²) >= 11 is 3.49. The van der Waals surface area contributed by atoms with Gasteiger partial charge < -0.3 is 5.11 Å². The van der Waals surface area contributed by atoms with Crippen molar-refractivity contribution in [2.75, 3.05) is 0 Å². The second-order valence-electron chi connectivity index (χ2n) is 5.47. The fraction of sp³-hybridized carbons (Fsp3) is 0.400. The Morgan fingerprint density at radius 1 is 1.32 bits per heavy atom. The Kier molecular flexibility index (Phi) is 4.66. The van der Waals surface area contributed by atoms with Crippen LogP contribution in [-0.4, -0.2) is 10.1 Å². The maximum Gasteiger partial charge on any atom is 0.103 e. The van der Waals surface area contributed by atoms with Crippen molar-refractivity contribution in [1.29, 1.82) is 0 Å². The first-order valence-corrected chi connectivity index (χ1v) is 8.13. The number of thiazole rings is 1. The lowest BCUT2D eigenvalue weighted by Gasteiger charge is -2.14. The van der Waals surface area contributed by atoms with Crippen LogP contribution in [0.4, 0.5) is 0 Å². The van der Waals surface area contributed by atoms with E-state index in [0.29, 0.717) is 0 Å². The summed E-state index contributed by atoms with van der Waals surface area (Å²) in [6.45, 7) is 6.65. The minimum absolute atomic E-state index is 0.0970. The number of thioether (sulfide) groups is 1. The predicted octanol–water partition coefficient (Wildman–Crippen LogP) is 4.23. The third-order valence-corrected chi connectivity index (χ3v) is 4.80. The Hall–Kier alpha value is -0.840. The average Bonchev–Trinajstić information content (AvgIpc) is 2.85. The van der Waals surface area contributed by atoms with Crippen molar-refractivity contribution in [2.24, 2.45) is 0 Å². The summed E-state index contributed by atoms with van der Waals surface area (Å²) in [4.78, 5) is 5.87. The number of nitrogens with zero attached hydrogens (tertiary/aromatic N) is 1. The summed E-state index contributed by atoms with van der Waals surface area (Å²) in [5.74, 6) is 0.885. The minimum Gasteiger partial charge on any atom is -0.392 e. The fourth-order valence-electron chi connectivity index (χ4n) is 1.60. The van der Waals surface area contributed by atoms with Crippen LogP contribution in [0.5, 0.6) is 0 Å². The Morgan fingerprint density at radius 2 is 2.11 bits per heavy atom. The van der Waals surface area contributed by atoms with Crippen molar-refractivity contribution in [2.45, 2.75) is 43.4 Å². The summed E-state index contributed by atoms with van der Waals surface area (Å²) in [5, 5.41) is 12.4. The van der Waals surface area contributed by atoms with Gasteiger partial charge in [0.05, 0.1) is 18.1 Å². The van der Waals surface area contributed by atoms with Gasteiger partial charge in [0.25, 0.3) is 0 Å². The molecule has 0 spiro atoms. The average molecular weight is 293 g/mol. The topological polar surface area (TPSA) is 33.1 Å². The van der Waals surface area contributed by atoms with Crippen molar-refractivity contribution >= 4 is 23.1 Å². The molecule has 0 atom stereocenters. The molecule has 0 unspecified atom stereocenters. The molecule has 0 fully saturated rings. The second kappa shape index (κ2) is 6.07. The molecule has 0 aliphatic heterocycles.